The third-order valence-corrected chi connectivity index (χ3v) is 4.82. The summed E-state index contributed by atoms with van der Waals surface area (Å²) in [6.45, 7) is 4.03. The van der Waals surface area contributed by atoms with Crippen LogP contribution in [-0.4, -0.2) is 19.2 Å². The lowest BCUT2D eigenvalue weighted by Crippen LogP contribution is -2.17. The maximum atomic E-state index is 11.8. The molecule has 2 aromatic rings. The number of benzene rings is 1. The third kappa shape index (κ3) is 5.56. The Morgan fingerprint density at radius 2 is 1.87 bits per heavy atom. The quantitative estimate of drug-likeness (QED) is 0.771. The zero-order valence-electron chi connectivity index (χ0n) is 13.5. The summed E-state index contributed by atoms with van der Waals surface area (Å²) < 4.78 is 26.2. The van der Waals surface area contributed by atoms with E-state index in [-0.39, 0.29) is 11.8 Å². The van der Waals surface area contributed by atoms with Crippen LogP contribution in [0, 0.1) is 0 Å². The van der Waals surface area contributed by atoms with Gasteiger partial charge < -0.3 is 5.32 Å². The van der Waals surface area contributed by atoms with Gasteiger partial charge in [-0.3, -0.25) is 4.72 Å². The van der Waals surface area contributed by atoms with Crippen LogP contribution in [0.2, 0.25) is 0 Å². The second kappa shape index (κ2) is 7.97. The lowest BCUT2D eigenvalue weighted by atomic mass is 10.1. The van der Waals surface area contributed by atoms with E-state index in [1.807, 2.05) is 31.2 Å². The molecule has 23 heavy (non-hydrogen) atoms. The molecule has 0 fully saturated rings. The van der Waals surface area contributed by atoms with E-state index in [0.717, 1.165) is 12.1 Å². The molecule has 0 saturated carbocycles. The van der Waals surface area contributed by atoms with E-state index in [1.165, 1.54) is 5.56 Å². The first-order chi connectivity index (χ1) is 11.0. The van der Waals surface area contributed by atoms with Crippen LogP contribution in [0.1, 0.15) is 38.3 Å². The topological polar surface area (TPSA) is 71.1 Å². The SMILES string of the molecule is CCCCS(=O)(=O)Nc1ccc(NC(C)c2ccccc2)cn1. The van der Waals surface area contributed by atoms with Crippen molar-refractivity contribution in [3.05, 3.63) is 54.2 Å². The molecular weight excluding hydrogens is 310 g/mol. The van der Waals surface area contributed by atoms with Crippen molar-refractivity contribution in [3.8, 4) is 0 Å². The average Bonchev–Trinajstić information content (AvgIpc) is 2.55. The molecule has 6 heteroatoms. The Hall–Kier alpha value is -2.08. The molecule has 2 N–H and O–H groups in total. The van der Waals surface area contributed by atoms with E-state index in [4.69, 9.17) is 0 Å². The van der Waals surface area contributed by atoms with Crippen molar-refractivity contribution in [2.45, 2.75) is 32.7 Å². The summed E-state index contributed by atoms with van der Waals surface area (Å²) in [4.78, 5) is 4.17. The van der Waals surface area contributed by atoms with Gasteiger partial charge in [0.25, 0.3) is 0 Å². The number of nitrogens with one attached hydrogen (secondary N) is 2. The normalized spacial score (nSPS) is 12.6. The van der Waals surface area contributed by atoms with Gasteiger partial charge in [-0.15, -0.1) is 0 Å². The summed E-state index contributed by atoms with van der Waals surface area (Å²) in [7, 11) is -3.31. The number of sulfonamides is 1. The van der Waals surface area contributed by atoms with Gasteiger partial charge in [-0.1, -0.05) is 43.7 Å². The van der Waals surface area contributed by atoms with E-state index in [0.29, 0.717) is 12.2 Å². The number of aromatic nitrogens is 1. The van der Waals surface area contributed by atoms with Crippen LogP contribution in [-0.2, 0) is 10.0 Å². The van der Waals surface area contributed by atoms with Crippen molar-refractivity contribution in [2.75, 3.05) is 15.8 Å². The predicted molar refractivity (Wildman–Crippen MR) is 95.0 cm³/mol. The molecule has 2 rings (SSSR count). The van der Waals surface area contributed by atoms with Crippen LogP contribution in [0.5, 0.6) is 0 Å². The smallest absolute Gasteiger partial charge is 0.233 e. The van der Waals surface area contributed by atoms with Crippen molar-refractivity contribution in [1.29, 1.82) is 0 Å². The Bertz CT molecular complexity index is 700. The minimum atomic E-state index is -3.31. The Balaban J connectivity index is 1.97. The molecule has 1 unspecified atom stereocenters. The third-order valence-electron chi connectivity index (χ3n) is 3.47. The fraction of sp³-hybridized carbons (Fsp3) is 0.353. The summed E-state index contributed by atoms with van der Waals surface area (Å²) in [5.41, 5.74) is 2.02. The highest BCUT2D eigenvalue weighted by Crippen LogP contribution is 2.19. The van der Waals surface area contributed by atoms with Gasteiger partial charge in [-0.05, 0) is 31.0 Å². The standard InChI is InChI=1S/C17H23N3O2S/c1-3-4-12-23(21,22)20-17-11-10-16(13-18-17)19-14(2)15-8-6-5-7-9-15/h5-11,13-14,19H,3-4,12H2,1-2H3,(H,18,20). The highest BCUT2D eigenvalue weighted by Gasteiger charge is 2.10. The Morgan fingerprint density at radius 1 is 1.13 bits per heavy atom. The van der Waals surface area contributed by atoms with Crippen LogP contribution >= 0.6 is 0 Å². The molecule has 1 atom stereocenters. The first kappa shape index (κ1) is 17.3. The van der Waals surface area contributed by atoms with Crippen LogP contribution in [0.4, 0.5) is 11.5 Å². The minimum absolute atomic E-state index is 0.121. The average molecular weight is 333 g/mol. The molecule has 0 aliphatic rings. The van der Waals surface area contributed by atoms with Gasteiger partial charge in [0, 0.05) is 6.04 Å². The Labute approximate surface area is 138 Å². The first-order valence-corrected chi connectivity index (χ1v) is 9.43. The lowest BCUT2D eigenvalue weighted by Gasteiger charge is -2.15. The van der Waals surface area contributed by atoms with Gasteiger partial charge in [0.1, 0.15) is 5.82 Å². The first-order valence-electron chi connectivity index (χ1n) is 7.78. The van der Waals surface area contributed by atoms with Crippen molar-refractivity contribution in [3.63, 3.8) is 0 Å². The number of anilines is 2. The number of unbranched alkanes of at least 4 members (excludes halogenated alkanes) is 1. The predicted octanol–water partition coefficient (Wildman–Crippen LogP) is 3.80. The molecule has 1 heterocycles. The highest BCUT2D eigenvalue weighted by molar-refractivity contribution is 7.92. The molecule has 0 amide bonds. The summed E-state index contributed by atoms with van der Waals surface area (Å²) in [5.74, 6) is 0.468. The summed E-state index contributed by atoms with van der Waals surface area (Å²) in [6, 6.07) is 13.7. The fourth-order valence-corrected chi connectivity index (χ4v) is 3.37. The second-order valence-electron chi connectivity index (χ2n) is 5.48. The van der Waals surface area contributed by atoms with E-state index in [1.54, 1.807) is 12.3 Å². The van der Waals surface area contributed by atoms with E-state index in [2.05, 4.69) is 34.1 Å². The number of hydrogen-bond acceptors (Lipinski definition) is 4. The summed E-state index contributed by atoms with van der Waals surface area (Å²) in [5, 5.41) is 3.34. The van der Waals surface area contributed by atoms with Gasteiger partial charge in [0.15, 0.2) is 0 Å². The molecule has 5 nitrogen and oxygen atoms in total. The van der Waals surface area contributed by atoms with Gasteiger partial charge in [0.05, 0.1) is 17.6 Å². The monoisotopic (exact) mass is 333 g/mol. The molecule has 0 bridgehead atoms. The zero-order valence-corrected chi connectivity index (χ0v) is 14.3. The fourth-order valence-electron chi connectivity index (χ4n) is 2.16. The molecule has 0 spiro atoms. The number of pyridine rings is 1. The van der Waals surface area contributed by atoms with Crippen LogP contribution in [0.3, 0.4) is 0 Å². The molecular formula is C17H23N3O2S. The molecule has 0 aliphatic heterocycles. The largest absolute Gasteiger partial charge is 0.377 e. The maximum absolute atomic E-state index is 11.8. The van der Waals surface area contributed by atoms with Gasteiger partial charge in [0.2, 0.25) is 10.0 Å². The number of nitrogens with zero attached hydrogens (tertiary/aromatic N) is 1. The van der Waals surface area contributed by atoms with Crippen LogP contribution in [0.15, 0.2) is 48.7 Å². The summed E-state index contributed by atoms with van der Waals surface area (Å²) >= 11 is 0. The molecule has 1 aromatic heterocycles. The van der Waals surface area contributed by atoms with Crippen LogP contribution < -0.4 is 10.0 Å². The van der Waals surface area contributed by atoms with Crippen molar-refractivity contribution >= 4 is 21.5 Å². The van der Waals surface area contributed by atoms with E-state index >= 15 is 0 Å². The highest BCUT2D eigenvalue weighted by atomic mass is 32.2. The number of rotatable bonds is 8. The van der Waals surface area contributed by atoms with Gasteiger partial charge in [-0.25, -0.2) is 13.4 Å². The van der Waals surface area contributed by atoms with Gasteiger partial charge >= 0.3 is 0 Å². The van der Waals surface area contributed by atoms with Crippen molar-refractivity contribution in [1.82, 2.24) is 4.98 Å². The van der Waals surface area contributed by atoms with Gasteiger partial charge in [-0.2, -0.15) is 0 Å². The second-order valence-corrected chi connectivity index (χ2v) is 7.33. The molecule has 1 aromatic carbocycles. The van der Waals surface area contributed by atoms with E-state index in [9.17, 15) is 8.42 Å². The Morgan fingerprint density at radius 3 is 2.48 bits per heavy atom. The summed E-state index contributed by atoms with van der Waals surface area (Å²) in [6.07, 6.45) is 3.12. The van der Waals surface area contributed by atoms with Crippen LogP contribution in [0.25, 0.3) is 0 Å². The lowest BCUT2D eigenvalue weighted by molar-refractivity contribution is 0.597. The van der Waals surface area contributed by atoms with Crippen molar-refractivity contribution < 1.29 is 8.42 Å². The maximum Gasteiger partial charge on any atom is 0.233 e. The molecule has 124 valence electrons. The molecule has 0 radical (unpaired) electrons. The van der Waals surface area contributed by atoms with E-state index < -0.39 is 10.0 Å². The molecule has 0 aliphatic carbocycles. The zero-order chi connectivity index (χ0) is 16.7. The minimum Gasteiger partial charge on any atom is -0.377 e. The van der Waals surface area contributed by atoms with Crippen molar-refractivity contribution in [2.24, 2.45) is 0 Å². The molecule has 0 saturated heterocycles. The number of hydrogen-bond donors (Lipinski definition) is 2. The Kier molecular flexibility index (Phi) is 5.98.